The third-order valence-electron chi connectivity index (χ3n) is 2.09. The first-order valence-corrected chi connectivity index (χ1v) is 4.59. The van der Waals surface area contributed by atoms with E-state index in [2.05, 4.69) is 23.9 Å². The minimum absolute atomic E-state index is 0.158. The van der Waals surface area contributed by atoms with Gasteiger partial charge in [-0.3, -0.25) is 4.79 Å². The summed E-state index contributed by atoms with van der Waals surface area (Å²) in [4.78, 5) is 13.0. The van der Waals surface area contributed by atoms with Crippen LogP contribution in [0.3, 0.4) is 0 Å². The summed E-state index contributed by atoms with van der Waals surface area (Å²) >= 11 is 0. The molecule has 4 nitrogen and oxygen atoms in total. The molecule has 0 spiro atoms. The molecule has 0 aliphatic rings. The van der Waals surface area contributed by atoms with E-state index in [1.54, 1.807) is 0 Å². The normalized spacial score (nSPS) is 12.2. The minimum atomic E-state index is -0.158. The average Bonchev–Trinajstić information content (AvgIpc) is 2.12. The van der Waals surface area contributed by atoms with Gasteiger partial charge in [0.1, 0.15) is 5.71 Å². The highest BCUT2D eigenvalue weighted by atomic mass is 16.4. The third kappa shape index (κ3) is 4.62. The number of nitrogens with zero attached hydrogens (tertiary/aromatic N) is 2. The van der Waals surface area contributed by atoms with Crippen LogP contribution in [0, 0.1) is 0 Å². The van der Waals surface area contributed by atoms with Gasteiger partial charge >= 0.3 is 0 Å². The van der Waals surface area contributed by atoms with Gasteiger partial charge in [-0.2, -0.15) is 0 Å². The van der Waals surface area contributed by atoms with Crippen LogP contribution in [-0.4, -0.2) is 41.2 Å². The number of Topliss-reactive ketones (excluding diaryl/α,β-unsaturated/α-hetero) is 1. The molecule has 0 aromatic rings. The molecule has 0 heterocycles. The summed E-state index contributed by atoms with van der Waals surface area (Å²) in [5, 5.41) is 11.5. The summed E-state index contributed by atoms with van der Waals surface area (Å²) in [5.41, 5.74) is 0.256. The van der Waals surface area contributed by atoms with E-state index in [-0.39, 0.29) is 11.5 Å². The van der Waals surface area contributed by atoms with Crippen LogP contribution in [0.2, 0.25) is 0 Å². The van der Waals surface area contributed by atoms with Gasteiger partial charge in [0.05, 0.1) is 0 Å². The number of oxime groups is 1. The molecule has 0 atom stereocenters. The molecular weight excluding hydrogens is 168 g/mol. The standard InChI is InChI=1S/C9H18N2O2/c1-4-11(5-2)7-6-9(10-13)8(3)12/h13H,4-7H2,1-3H3. The number of carbonyl (C=O) groups is 1. The van der Waals surface area contributed by atoms with Crippen molar-refractivity contribution in [2.24, 2.45) is 5.16 Å². The lowest BCUT2D eigenvalue weighted by molar-refractivity contribution is -0.111. The van der Waals surface area contributed by atoms with Gasteiger partial charge in [-0.1, -0.05) is 19.0 Å². The van der Waals surface area contributed by atoms with Crippen LogP contribution in [0.1, 0.15) is 27.2 Å². The Labute approximate surface area is 79.2 Å². The predicted octanol–water partition coefficient (Wildman–Crippen LogP) is 1.14. The smallest absolute Gasteiger partial charge is 0.177 e. The Morgan fingerprint density at radius 2 is 1.92 bits per heavy atom. The van der Waals surface area contributed by atoms with Crippen molar-refractivity contribution in [3.63, 3.8) is 0 Å². The van der Waals surface area contributed by atoms with Crippen LogP contribution in [-0.2, 0) is 4.79 Å². The van der Waals surface area contributed by atoms with Crippen molar-refractivity contribution in [3.05, 3.63) is 0 Å². The summed E-state index contributed by atoms with van der Waals surface area (Å²) < 4.78 is 0. The van der Waals surface area contributed by atoms with Gasteiger partial charge in [0.25, 0.3) is 0 Å². The van der Waals surface area contributed by atoms with E-state index in [4.69, 9.17) is 5.21 Å². The summed E-state index contributed by atoms with van der Waals surface area (Å²) in [6.45, 7) is 8.21. The molecule has 0 aliphatic heterocycles. The van der Waals surface area contributed by atoms with Crippen LogP contribution in [0.4, 0.5) is 0 Å². The molecule has 0 fully saturated rings. The zero-order valence-electron chi connectivity index (χ0n) is 8.58. The molecule has 0 aromatic carbocycles. The molecule has 0 saturated carbocycles. The Morgan fingerprint density at radius 3 is 2.23 bits per heavy atom. The van der Waals surface area contributed by atoms with Gasteiger partial charge in [-0.15, -0.1) is 0 Å². The van der Waals surface area contributed by atoms with E-state index in [0.717, 1.165) is 19.6 Å². The van der Waals surface area contributed by atoms with Crippen molar-refractivity contribution in [2.75, 3.05) is 19.6 Å². The fourth-order valence-corrected chi connectivity index (χ4v) is 1.10. The second kappa shape index (κ2) is 6.60. The fourth-order valence-electron chi connectivity index (χ4n) is 1.10. The first-order chi connectivity index (χ1) is 6.15. The quantitative estimate of drug-likeness (QED) is 0.384. The second-order valence-electron chi connectivity index (χ2n) is 2.88. The van der Waals surface area contributed by atoms with Gasteiger partial charge in [0.2, 0.25) is 0 Å². The Hall–Kier alpha value is -0.900. The van der Waals surface area contributed by atoms with E-state index in [1.165, 1.54) is 6.92 Å². The molecule has 4 heteroatoms. The van der Waals surface area contributed by atoms with Gasteiger partial charge in [-0.25, -0.2) is 0 Å². The lowest BCUT2D eigenvalue weighted by Gasteiger charge is -2.17. The molecule has 0 radical (unpaired) electrons. The molecule has 0 saturated heterocycles. The summed E-state index contributed by atoms with van der Waals surface area (Å²) in [6, 6.07) is 0. The van der Waals surface area contributed by atoms with E-state index in [1.807, 2.05) is 0 Å². The number of carbonyl (C=O) groups excluding carboxylic acids is 1. The largest absolute Gasteiger partial charge is 0.411 e. The maximum absolute atomic E-state index is 10.9. The number of hydrogen-bond donors (Lipinski definition) is 1. The highest BCUT2D eigenvalue weighted by molar-refractivity contribution is 6.38. The summed E-state index contributed by atoms with van der Waals surface area (Å²) in [6.07, 6.45) is 0.521. The first kappa shape index (κ1) is 12.1. The fraction of sp³-hybridized carbons (Fsp3) is 0.778. The number of hydrogen-bond acceptors (Lipinski definition) is 4. The highest BCUT2D eigenvalue weighted by Gasteiger charge is 2.08. The SMILES string of the molecule is CCN(CC)CCC(=NO)C(C)=O. The van der Waals surface area contributed by atoms with Crippen LogP contribution >= 0.6 is 0 Å². The van der Waals surface area contributed by atoms with Crippen LogP contribution in [0.5, 0.6) is 0 Å². The van der Waals surface area contributed by atoms with E-state index in [9.17, 15) is 4.79 Å². The Bertz CT molecular complexity index is 186. The molecule has 1 N–H and O–H groups in total. The molecule has 13 heavy (non-hydrogen) atoms. The molecule has 0 unspecified atom stereocenters. The zero-order chi connectivity index (χ0) is 10.3. The van der Waals surface area contributed by atoms with Crippen molar-refractivity contribution >= 4 is 11.5 Å². The molecular formula is C9H18N2O2. The monoisotopic (exact) mass is 186 g/mol. The van der Waals surface area contributed by atoms with Crippen molar-refractivity contribution in [3.8, 4) is 0 Å². The van der Waals surface area contributed by atoms with Crippen molar-refractivity contribution in [2.45, 2.75) is 27.2 Å². The van der Waals surface area contributed by atoms with Crippen molar-refractivity contribution < 1.29 is 10.0 Å². The van der Waals surface area contributed by atoms with Crippen LogP contribution in [0.25, 0.3) is 0 Å². The first-order valence-electron chi connectivity index (χ1n) is 4.59. The Morgan fingerprint density at radius 1 is 1.38 bits per heavy atom. The van der Waals surface area contributed by atoms with Crippen LogP contribution < -0.4 is 0 Å². The van der Waals surface area contributed by atoms with Gasteiger partial charge in [0.15, 0.2) is 5.78 Å². The van der Waals surface area contributed by atoms with Gasteiger partial charge in [0, 0.05) is 19.9 Å². The second-order valence-corrected chi connectivity index (χ2v) is 2.88. The highest BCUT2D eigenvalue weighted by Crippen LogP contribution is 1.94. The van der Waals surface area contributed by atoms with Crippen molar-refractivity contribution in [1.82, 2.24) is 4.90 Å². The predicted molar refractivity (Wildman–Crippen MR) is 52.3 cm³/mol. The van der Waals surface area contributed by atoms with Crippen molar-refractivity contribution in [1.29, 1.82) is 0 Å². The lowest BCUT2D eigenvalue weighted by Crippen LogP contribution is -2.27. The molecule has 0 rings (SSSR count). The minimum Gasteiger partial charge on any atom is -0.411 e. The topological polar surface area (TPSA) is 52.9 Å². The molecule has 0 amide bonds. The van der Waals surface area contributed by atoms with E-state index in [0.29, 0.717) is 6.42 Å². The lowest BCUT2D eigenvalue weighted by atomic mass is 10.2. The summed E-state index contributed by atoms with van der Waals surface area (Å²) in [5.74, 6) is -0.158. The van der Waals surface area contributed by atoms with Crippen LogP contribution in [0.15, 0.2) is 5.16 Å². The zero-order valence-corrected chi connectivity index (χ0v) is 8.58. The van der Waals surface area contributed by atoms with Gasteiger partial charge < -0.3 is 10.1 Å². The number of ketones is 1. The van der Waals surface area contributed by atoms with Gasteiger partial charge in [-0.05, 0) is 13.1 Å². The molecule has 76 valence electrons. The summed E-state index contributed by atoms with van der Waals surface area (Å²) in [7, 11) is 0. The molecule has 0 bridgehead atoms. The third-order valence-corrected chi connectivity index (χ3v) is 2.09. The molecule has 0 aliphatic carbocycles. The molecule has 0 aromatic heterocycles. The van der Waals surface area contributed by atoms with E-state index >= 15 is 0 Å². The maximum Gasteiger partial charge on any atom is 0.177 e. The average molecular weight is 186 g/mol. The van der Waals surface area contributed by atoms with E-state index < -0.39 is 0 Å². The Balaban J connectivity index is 3.92. The Kier molecular flexibility index (Phi) is 6.14. The number of rotatable bonds is 6. The maximum atomic E-state index is 10.9.